The highest BCUT2D eigenvalue weighted by atomic mass is 32.1. The summed E-state index contributed by atoms with van der Waals surface area (Å²) in [5.41, 5.74) is 2.50. The van der Waals surface area contributed by atoms with Gasteiger partial charge in [-0.25, -0.2) is 14.6 Å². The number of ether oxygens (including phenoxy) is 1. The Morgan fingerprint density at radius 1 is 0.975 bits per heavy atom. The number of hydrogen-bond donors (Lipinski definition) is 1. The molecule has 2 aromatic carbocycles. The fraction of sp³-hybridized carbons (Fsp3) is 0.414. The third kappa shape index (κ3) is 9.55. The lowest BCUT2D eigenvalue weighted by atomic mass is 10.1. The molecule has 216 valence electrons. The van der Waals surface area contributed by atoms with Gasteiger partial charge >= 0.3 is 19.6 Å². The molecule has 3 rings (SSSR count). The van der Waals surface area contributed by atoms with Crippen molar-refractivity contribution < 1.29 is 27.9 Å². The van der Waals surface area contributed by atoms with Crippen molar-refractivity contribution in [2.75, 3.05) is 20.3 Å². The minimum absolute atomic E-state index is 0.125. The predicted molar refractivity (Wildman–Crippen MR) is 156 cm³/mol. The summed E-state index contributed by atoms with van der Waals surface area (Å²) in [4.78, 5) is 30.9. The number of rotatable bonds is 14. The fourth-order valence-corrected chi connectivity index (χ4v) is 6.67. The second-order valence-electron chi connectivity index (χ2n) is 9.94. The molecule has 0 aliphatic carbocycles. The highest BCUT2D eigenvalue weighted by Crippen LogP contribution is 2.53. The zero-order valence-corrected chi connectivity index (χ0v) is 25.3. The molecule has 0 aliphatic heterocycles. The van der Waals surface area contributed by atoms with Crippen LogP contribution in [0.1, 0.15) is 48.5 Å². The highest BCUT2D eigenvalue weighted by Gasteiger charge is 2.30. The molecule has 11 heteroatoms. The van der Waals surface area contributed by atoms with E-state index >= 15 is 0 Å². The third-order valence-corrected chi connectivity index (χ3v) is 9.34. The van der Waals surface area contributed by atoms with Gasteiger partial charge in [0, 0.05) is 18.3 Å². The van der Waals surface area contributed by atoms with Crippen LogP contribution in [0, 0.1) is 5.92 Å². The topological polar surface area (TPSA) is 107 Å². The van der Waals surface area contributed by atoms with Crippen molar-refractivity contribution in [2.24, 2.45) is 5.92 Å². The maximum Gasteiger partial charge on any atom is 0.332 e. The smallest absolute Gasteiger partial charge is 0.332 e. The predicted octanol–water partition coefficient (Wildman–Crippen LogP) is 6.21. The number of carbonyl (C=O) groups excluding carboxylic acids is 2. The Morgan fingerprint density at radius 3 is 2.02 bits per heavy atom. The number of urea groups is 1. The van der Waals surface area contributed by atoms with E-state index in [1.54, 1.807) is 7.05 Å². The Labute approximate surface area is 240 Å². The van der Waals surface area contributed by atoms with Gasteiger partial charge in [-0.2, -0.15) is 0 Å². The van der Waals surface area contributed by atoms with Crippen LogP contribution >= 0.6 is 18.9 Å². The number of carbonyl (C=O) groups is 2. The van der Waals surface area contributed by atoms with Crippen molar-refractivity contribution in [3.05, 3.63) is 87.9 Å². The first kappa shape index (κ1) is 31.5. The van der Waals surface area contributed by atoms with Crippen LogP contribution < -0.4 is 5.32 Å². The minimum atomic E-state index is -3.50. The maximum atomic E-state index is 13.9. The quantitative estimate of drug-likeness (QED) is 0.176. The molecule has 1 unspecified atom stereocenters. The van der Waals surface area contributed by atoms with E-state index in [2.05, 4.69) is 5.32 Å². The van der Waals surface area contributed by atoms with Gasteiger partial charge in [-0.15, -0.1) is 11.3 Å². The summed E-state index contributed by atoms with van der Waals surface area (Å²) in [6.45, 7) is 6.20. The number of nitrogens with one attached hydrogen (secondary N) is 1. The number of methoxy groups -OCH3 is 1. The number of thiazole rings is 1. The van der Waals surface area contributed by atoms with Gasteiger partial charge in [-0.3, -0.25) is 4.57 Å². The van der Waals surface area contributed by atoms with Crippen LogP contribution in [-0.2, 0) is 42.9 Å². The van der Waals surface area contributed by atoms with E-state index < -0.39 is 25.6 Å². The molecule has 2 amide bonds. The summed E-state index contributed by atoms with van der Waals surface area (Å²) >= 11 is 1.43. The van der Waals surface area contributed by atoms with E-state index in [-0.39, 0.29) is 37.8 Å². The third-order valence-electron chi connectivity index (χ3n) is 6.18. The number of hydrogen-bond acceptors (Lipinski definition) is 8. The molecular formula is C29H38N3O6PS. The summed E-state index contributed by atoms with van der Waals surface area (Å²) < 4.78 is 30.5. The van der Waals surface area contributed by atoms with E-state index in [0.29, 0.717) is 5.69 Å². The van der Waals surface area contributed by atoms with E-state index in [0.717, 1.165) is 16.1 Å². The fourth-order valence-electron chi connectivity index (χ4n) is 3.85. The molecule has 9 nitrogen and oxygen atoms in total. The molecule has 3 aromatic rings. The Kier molecular flexibility index (Phi) is 11.9. The summed E-state index contributed by atoms with van der Waals surface area (Å²) in [5, 5.41) is 5.36. The SMILES string of the molecule is COC(=O)[C@@H](NC(=O)N(C)Cc1csc(C(C)CP(=O)(OCc2ccccc2)OCc2ccccc2)n1)C(C)C. The van der Waals surface area contributed by atoms with Gasteiger partial charge in [0.1, 0.15) is 6.04 Å². The van der Waals surface area contributed by atoms with Crippen LogP contribution in [0.3, 0.4) is 0 Å². The monoisotopic (exact) mass is 587 g/mol. The van der Waals surface area contributed by atoms with Crippen molar-refractivity contribution in [2.45, 2.75) is 52.5 Å². The van der Waals surface area contributed by atoms with Crippen LogP contribution in [-0.4, -0.2) is 48.2 Å². The largest absolute Gasteiger partial charge is 0.467 e. The van der Waals surface area contributed by atoms with Crippen molar-refractivity contribution in [1.29, 1.82) is 0 Å². The lowest BCUT2D eigenvalue weighted by molar-refractivity contribution is -0.144. The first-order valence-electron chi connectivity index (χ1n) is 13.1. The Bertz CT molecular complexity index is 1220. The van der Waals surface area contributed by atoms with E-state index in [9.17, 15) is 14.2 Å². The Hall–Kier alpha value is -3.04. The van der Waals surface area contributed by atoms with Crippen molar-refractivity contribution in [1.82, 2.24) is 15.2 Å². The molecule has 40 heavy (non-hydrogen) atoms. The molecule has 0 saturated heterocycles. The van der Waals surface area contributed by atoms with Gasteiger partial charge in [0.2, 0.25) is 0 Å². The van der Waals surface area contributed by atoms with E-state index in [1.807, 2.05) is 86.8 Å². The highest BCUT2D eigenvalue weighted by molar-refractivity contribution is 7.53. The van der Waals surface area contributed by atoms with Gasteiger partial charge < -0.3 is 24.0 Å². The molecule has 0 aliphatic rings. The average Bonchev–Trinajstić information content (AvgIpc) is 3.43. The van der Waals surface area contributed by atoms with Crippen LogP contribution in [0.4, 0.5) is 4.79 Å². The molecular weight excluding hydrogens is 549 g/mol. The lowest BCUT2D eigenvalue weighted by Gasteiger charge is -2.24. The normalized spacial score (nSPS) is 13.1. The molecule has 2 atom stereocenters. The second kappa shape index (κ2) is 15.1. The number of esters is 1. The molecule has 0 saturated carbocycles. The van der Waals surface area contributed by atoms with Crippen molar-refractivity contribution in [3.63, 3.8) is 0 Å². The van der Waals surface area contributed by atoms with Crippen LogP contribution in [0.2, 0.25) is 0 Å². The molecule has 0 spiro atoms. The Balaban J connectivity index is 1.65. The molecule has 1 N–H and O–H groups in total. The average molecular weight is 588 g/mol. The summed E-state index contributed by atoms with van der Waals surface area (Å²) in [6.07, 6.45) is 0.158. The van der Waals surface area contributed by atoms with Gasteiger partial charge in [0.25, 0.3) is 0 Å². The number of amides is 2. The second-order valence-corrected chi connectivity index (χ2v) is 12.9. The minimum Gasteiger partial charge on any atom is -0.467 e. The van der Waals surface area contributed by atoms with Crippen molar-refractivity contribution in [3.8, 4) is 0 Å². The molecule has 0 fully saturated rings. The Morgan fingerprint density at radius 2 is 1.52 bits per heavy atom. The lowest BCUT2D eigenvalue weighted by Crippen LogP contribution is -2.49. The summed E-state index contributed by atoms with van der Waals surface area (Å²) in [6, 6.07) is 18.0. The number of benzene rings is 2. The van der Waals surface area contributed by atoms with Gasteiger partial charge in [0.15, 0.2) is 0 Å². The van der Waals surface area contributed by atoms with Gasteiger partial charge in [-0.05, 0) is 17.0 Å². The van der Waals surface area contributed by atoms with Gasteiger partial charge in [-0.1, -0.05) is 81.4 Å². The van der Waals surface area contributed by atoms with Crippen molar-refractivity contribution >= 4 is 30.9 Å². The van der Waals surface area contributed by atoms with Crippen LogP contribution in [0.15, 0.2) is 66.0 Å². The molecule has 0 radical (unpaired) electrons. The van der Waals surface area contributed by atoms with Crippen LogP contribution in [0.5, 0.6) is 0 Å². The van der Waals surface area contributed by atoms with Crippen LogP contribution in [0.25, 0.3) is 0 Å². The summed E-state index contributed by atoms with van der Waals surface area (Å²) in [5.74, 6) is -0.824. The summed E-state index contributed by atoms with van der Waals surface area (Å²) in [7, 11) is -0.566. The number of aromatic nitrogens is 1. The zero-order chi connectivity index (χ0) is 29.1. The first-order chi connectivity index (χ1) is 19.1. The number of nitrogens with zero attached hydrogens (tertiary/aromatic N) is 2. The van der Waals surface area contributed by atoms with E-state index in [1.165, 1.54) is 23.3 Å². The maximum absolute atomic E-state index is 13.9. The molecule has 0 bridgehead atoms. The standard InChI is InChI=1S/C29H38N3O6PS/c1-21(2)26(28(33)36-5)31-29(34)32(4)16-25-20-40-27(30-25)22(3)19-39(35,37-17-23-12-8-6-9-13-23)38-18-24-14-10-7-11-15-24/h6-15,20-22,26H,16-19H2,1-5H3,(H,31,34)/t22?,26-/m0/s1. The van der Waals surface area contributed by atoms with E-state index in [4.69, 9.17) is 18.8 Å². The molecule has 1 heterocycles. The van der Waals surface area contributed by atoms with Gasteiger partial charge in [0.05, 0.1) is 43.7 Å². The molecule has 1 aromatic heterocycles. The zero-order valence-electron chi connectivity index (χ0n) is 23.6. The first-order valence-corrected chi connectivity index (χ1v) is 15.7.